The molecule has 0 aliphatic heterocycles. The van der Waals surface area contributed by atoms with E-state index >= 15 is 0 Å². The second kappa shape index (κ2) is 5.10. The maximum absolute atomic E-state index is 11.6. The van der Waals surface area contributed by atoms with Gasteiger partial charge in [0.15, 0.2) is 0 Å². The Morgan fingerprint density at radius 3 is 2.45 bits per heavy atom. The summed E-state index contributed by atoms with van der Waals surface area (Å²) in [5, 5.41) is 0. The molecule has 0 saturated carbocycles. The fourth-order valence-electron chi connectivity index (χ4n) is 0.540. The van der Waals surface area contributed by atoms with E-state index in [0.717, 1.165) is 6.42 Å². The first kappa shape index (κ1) is 10.4. The average molecular weight is 164 g/mol. The molecule has 0 aliphatic rings. The Hall–Kier alpha value is -0.600. The summed E-state index contributed by atoms with van der Waals surface area (Å²) >= 11 is 0. The normalized spacial score (nSPS) is 13.2. The number of rotatable bonds is 5. The largest absolute Gasteiger partial charge is 0.492 e. The van der Waals surface area contributed by atoms with Crippen LogP contribution in [-0.4, -0.2) is 13.0 Å². The number of ether oxygens (including phenoxy) is 1. The zero-order valence-corrected chi connectivity index (χ0v) is 6.94. The molecule has 3 heteroatoms. The van der Waals surface area contributed by atoms with Gasteiger partial charge in [-0.15, -0.1) is 0 Å². The van der Waals surface area contributed by atoms with Gasteiger partial charge in [0.05, 0.1) is 5.76 Å². The fraction of sp³-hybridized carbons (Fsp3) is 0.750. The first-order valence-corrected chi connectivity index (χ1v) is 3.67. The van der Waals surface area contributed by atoms with Crippen LogP contribution in [0, 0.1) is 5.92 Å². The molecule has 0 rings (SSSR count). The van der Waals surface area contributed by atoms with Crippen LogP contribution in [0.25, 0.3) is 0 Å². The number of hydrogen-bond donors (Lipinski definition) is 0. The van der Waals surface area contributed by atoms with Crippen LogP contribution in [0.3, 0.4) is 0 Å². The van der Waals surface area contributed by atoms with Crippen LogP contribution in [0.15, 0.2) is 12.3 Å². The van der Waals surface area contributed by atoms with Crippen LogP contribution in [0.5, 0.6) is 0 Å². The van der Waals surface area contributed by atoms with E-state index < -0.39 is 13.0 Å². The number of halogens is 2. The van der Waals surface area contributed by atoms with Gasteiger partial charge in [-0.1, -0.05) is 20.4 Å². The molecule has 1 atom stereocenters. The highest BCUT2D eigenvalue weighted by atomic mass is 19.3. The molecule has 1 nitrogen and oxygen atoms in total. The summed E-state index contributed by atoms with van der Waals surface area (Å²) < 4.78 is 27.9. The van der Waals surface area contributed by atoms with Gasteiger partial charge in [-0.2, -0.15) is 0 Å². The molecule has 66 valence electrons. The monoisotopic (exact) mass is 164 g/mol. The summed E-state index contributed by atoms with van der Waals surface area (Å²) in [4.78, 5) is 0. The minimum absolute atomic E-state index is 0.161. The second-order valence-corrected chi connectivity index (χ2v) is 2.48. The summed E-state index contributed by atoms with van der Waals surface area (Å²) in [6.45, 7) is 6.86. The molecule has 0 aliphatic carbocycles. The molecule has 0 bridgehead atoms. The topological polar surface area (TPSA) is 9.23 Å². The lowest BCUT2D eigenvalue weighted by atomic mass is 10.1. The molecule has 11 heavy (non-hydrogen) atoms. The van der Waals surface area contributed by atoms with E-state index in [1.807, 2.05) is 13.8 Å². The molecule has 0 aromatic heterocycles. The maximum Gasteiger partial charge on any atom is 0.272 e. The standard InChI is InChI=1S/C8H14F2O/c1-4-6(2)7(3)11-5-8(9)10/h6,8H,3-5H2,1-2H3. The molecule has 0 saturated heterocycles. The van der Waals surface area contributed by atoms with E-state index in [-0.39, 0.29) is 5.92 Å². The average Bonchev–Trinajstić information content (AvgIpc) is 1.98. The van der Waals surface area contributed by atoms with Gasteiger partial charge in [0.1, 0.15) is 6.61 Å². The predicted molar refractivity (Wildman–Crippen MR) is 40.6 cm³/mol. The Labute approximate surface area is 66.0 Å². The minimum atomic E-state index is -2.41. The Balaban J connectivity index is 3.52. The van der Waals surface area contributed by atoms with Gasteiger partial charge >= 0.3 is 0 Å². The summed E-state index contributed by atoms with van der Waals surface area (Å²) in [5.41, 5.74) is 0. The van der Waals surface area contributed by atoms with E-state index in [2.05, 4.69) is 6.58 Å². The van der Waals surface area contributed by atoms with Crippen molar-refractivity contribution in [3.8, 4) is 0 Å². The number of alkyl halides is 2. The molecule has 0 aromatic carbocycles. The van der Waals surface area contributed by atoms with Crippen LogP contribution in [0.4, 0.5) is 8.78 Å². The first-order valence-electron chi connectivity index (χ1n) is 3.67. The van der Waals surface area contributed by atoms with Crippen molar-refractivity contribution < 1.29 is 13.5 Å². The maximum atomic E-state index is 11.6. The minimum Gasteiger partial charge on any atom is -0.492 e. The van der Waals surface area contributed by atoms with Gasteiger partial charge in [0.2, 0.25) is 0 Å². The van der Waals surface area contributed by atoms with Crippen LogP contribution in [0.2, 0.25) is 0 Å². The SMILES string of the molecule is C=C(OCC(F)F)C(C)CC. The first-order chi connectivity index (χ1) is 5.07. The number of hydrogen-bond acceptors (Lipinski definition) is 1. The molecule has 0 amide bonds. The van der Waals surface area contributed by atoms with Gasteiger partial charge in [-0.05, 0) is 6.42 Å². The second-order valence-electron chi connectivity index (χ2n) is 2.48. The summed E-state index contributed by atoms with van der Waals surface area (Å²) in [6.07, 6.45) is -1.54. The van der Waals surface area contributed by atoms with Gasteiger partial charge in [0, 0.05) is 5.92 Å². The molecular formula is C8H14F2O. The predicted octanol–water partition coefficient (Wildman–Crippen LogP) is 2.83. The lowest BCUT2D eigenvalue weighted by Gasteiger charge is -2.13. The molecule has 0 heterocycles. The smallest absolute Gasteiger partial charge is 0.272 e. The van der Waals surface area contributed by atoms with Crippen molar-refractivity contribution in [2.24, 2.45) is 5.92 Å². The Morgan fingerprint density at radius 1 is 1.55 bits per heavy atom. The van der Waals surface area contributed by atoms with Crippen LogP contribution in [-0.2, 0) is 4.74 Å². The van der Waals surface area contributed by atoms with E-state index in [9.17, 15) is 8.78 Å². The fourth-order valence-corrected chi connectivity index (χ4v) is 0.540. The third-order valence-corrected chi connectivity index (χ3v) is 1.56. The molecule has 0 radical (unpaired) electrons. The highest BCUT2D eigenvalue weighted by Gasteiger charge is 2.08. The zero-order valence-electron chi connectivity index (χ0n) is 6.94. The lowest BCUT2D eigenvalue weighted by molar-refractivity contribution is 0.0405. The van der Waals surface area contributed by atoms with Gasteiger partial charge in [0.25, 0.3) is 6.43 Å². The molecule has 0 fully saturated rings. The molecular weight excluding hydrogens is 150 g/mol. The van der Waals surface area contributed by atoms with Crippen molar-refractivity contribution in [2.45, 2.75) is 26.7 Å². The Morgan fingerprint density at radius 2 is 2.09 bits per heavy atom. The highest BCUT2D eigenvalue weighted by molar-refractivity contribution is 4.87. The molecule has 0 N–H and O–H groups in total. The summed E-state index contributed by atoms with van der Waals surface area (Å²) in [7, 11) is 0. The van der Waals surface area contributed by atoms with Crippen molar-refractivity contribution in [2.75, 3.05) is 6.61 Å². The van der Waals surface area contributed by atoms with Crippen LogP contribution < -0.4 is 0 Å². The highest BCUT2D eigenvalue weighted by Crippen LogP contribution is 2.13. The third-order valence-electron chi connectivity index (χ3n) is 1.56. The Bertz CT molecular complexity index is 123. The molecule has 1 unspecified atom stereocenters. The molecule has 0 aromatic rings. The van der Waals surface area contributed by atoms with Gasteiger partial charge < -0.3 is 4.74 Å². The van der Waals surface area contributed by atoms with Crippen molar-refractivity contribution in [3.05, 3.63) is 12.3 Å². The lowest BCUT2D eigenvalue weighted by Crippen LogP contribution is -2.07. The summed E-state index contributed by atoms with van der Waals surface area (Å²) in [6, 6.07) is 0. The van der Waals surface area contributed by atoms with Gasteiger partial charge in [-0.3, -0.25) is 0 Å². The van der Waals surface area contributed by atoms with E-state index in [4.69, 9.17) is 4.74 Å². The van der Waals surface area contributed by atoms with Crippen molar-refractivity contribution in [3.63, 3.8) is 0 Å². The van der Waals surface area contributed by atoms with Crippen molar-refractivity contribution >= 4 is 0 Å². The van der Waals surface area contributed by atoms with Crippen LogP contribution in [0.1, 0.15) is 20.3 Å². The van der Waals surface area contributed by atoms with E-state index in [1.165, 1.54) is 0 Å². The van der Waals surface area contributed by atoms with Crippen LogP contribution >= 0.6 is 0 Å². The van der Waals surface area contributed by atoms with E-state index in [0.29, 0.717) is 5.76 Å². The quantitative estimate of drug-likeness (QED) is 0.568. The Kier molecular flexibility index (Phi) is 4.83. The molecule has 0 spiro atoms. The van der Waals surface area contributed by atoms with E-state index in [1.54, 1.807) is 0 Å². The van der Waals surface area contributed by atoms with Crippen molar-refractivity contribution in [1.82, 2.24) is 0 Å². The number of allylic oxidation sites excluding steroid dienone is 1. The van der Waals surface area contributed by atoms with Gasteiger partial charge in [-0.25, -0.2) is 8.78 Å². The third kappa shape index (κ3) is 4.76. The summed E-state index contributed by atoms with van der Waals surface area (Å²) in [5.74, 6) is 0.613. The zero-order chi connectivity index (χ0) is 8.85. The van der Waals surface area contributed by atoms with Crippen molar-refractivity contribution in [1.29, 1.82) is 0 Å².